The first-order valence-corrected chi connectivity index (χ1v) is 6.77. The maximum atomic E-state index is 5.66. The Bertz CT molecular complexity index is 401. The monoisotopic (exact) mass is 242 g/mol. The fourth-order valence-corrected chi connectivity index (χ4v) is 2.46. The Morgan fingerprint density at radius 3 is 1.59 bits per heavy atom. The van der Waals surface area contributed by atoms with E-state index in [2.05, 4.69) is 67.6 Å². The van der Waals surface area contributed by atoms with Gasteiger partial charge in [-0.3, -0.25) is 0 Å². The standard InChI is InChI=1S/C15H18OSi/c1-12(16-17)15(13-8-4-2-5-9-13)14-10-6-3-7-11-14/h2-12,15H,1,17H3/t12-/m1/s1. The average molecular weight is 242 g/mol. The van der Waals surface area contributed by atoms with Gasteiger partial charge >= 0.3 is 0 Å². The van der Waals surface area contributed by atoms with Crippen molar-refractivity contribution in [1.82, 2.24) is 0 Å². The number of benzene rings is 2. The van der Waals surface area contributed by atoms with E-state index in [4.69, 9.17) is 4.43 Å². The van der Waals surface area contributed by atoms with Gasteiger partial charge in [-0.25, -0.2) is 0 Å². The zero-order valence-corrected chi connectivity index (χ0v) is 12.3. The Kier molecular flexibility index (Phi) is 4.12. The van der Waals surface area contributed by atoms with Crippen LogP contribution in [0.15, 0.2) is 60.7 Å². The second-order valence-corrected chi connectivity index (χ2v) is 4.71. The Morgan fingerprint density at radius 1 is 0.824 bits per heavy atom. The summed E-state index contributed by atoms with van der Waals surface area (Å²) in [4.78, 5) is 0. The summed E-state index contributed by atoms with van der Waals surface area (Å²) in [5.41, 5.74) is 2.64. The van der Waals surface area contributed by atoms with Crippen LogP contribution in [0.5, 0.6) is 0 Å². The summed E-state index contributed by atoms with van der Waals surface area (Å²) in [6.07, 6.45) is 0.228. The van der Waals surface area contributed by atoms with Gasteiger partial charge in [-0.1, -0.05) is 60.7 Å². The third-order valence-electron chi connectivity index (χ3n) is 3.16. The molecule has 0 aliphatic carbocycles. The van der Waals surface area contributed by atoms with E-state index in [0.29, 0.717) is 5.92 Å². The highest BCUT2D eigenvalue weighted by atomic mass is 28.2. The molecule has 0 aliphatic rings. The van der Waals surface area contributed by atoms with Crippen molar-refractivity contribution >= 4 is 10.5 Å². The van der Waals surface area contributed by atoms with Gasteiger partial charge < -0.3 is 4.43 Å². The molecule has 0 aliphatic heterocycles. The first-order valence-electron chi connectivity index (χ1n) is 5.95. The molecule has 2 rings (SSSR count). The van der Waals surface area contributed by atoms with Gasteiger partial charge in [-0.2, -0.15) is 0 Å². The lowest BCUT2D eigenvalue weighted by atomic mass is 9.87. The Labute approximate surface area is 106 Å². The molecule has 0 heterocycles. The summed E-state index contributed by atoms with van der Waals surface area (Å²) < 4.78 is 5.66. The van der Waals surface area contributed by atoms with E-state index < -0.39 is 0 Å². The van der Waals surface area contributed by atoms with Crippen LogP contribution in [-0.2, 0) is 4.43 Å². The van der Waals surface area contributed by atoms with Crippen molar-refractivity contribution in [3.05, 3.63) is 71.8 Å². The summed E-state index contributed by atoms with van der Waals surface area (Å²) >= 11 is 0. The van der Waals surface area contributed by atoms with Crippen molar-refractivity contribution in [2.45, 2.75) is 18.9 Å². The Hall–Kier alpha value is -1.38. The molecule has 0 amide bonds. The molecule has 1 nitrogen and oxygen atoms in total. The zero-order valence-electron chi connectivity index (χ0n) is 10.3. The molecule has 17 heavy (non-hydrogen) atoms. The molecular weight excluding hydrogens is 224 g/mol. The van der Waals surface area contributed by atoms with Crippen LogP contribution in [0.2, 0.25) is 0 Å². The van der Waals surface area contributed by atoms with Crippen LogP contribution in [0, 0.1) is 0 Å². The lowest BCUT2D eigenvalue weighted by Crippen LogP contribution is -2.19. The third-order valence-corrected chi connectivity index (χ3v) is 3.90. The smallest absolute Gasteiger partial charge is 0.146 e. The van der Waals surface area contributed by atoms with Crippen molar-refractivity contribution in [1.29, 1.82) is 0 Å². The Balaban J connectivity index is 2.39. The van der Waals surface area contributed by atoms with Crippen molar-refractivity contribution in [2.75, 3.05) is 0 Å². The number of hydrogen-bond acceptors (Lipinski definition) is 1. The zero-order chi connectivity index (χ0) is 12.1. The first kappa shape index (κ1) is 12.1. The molecule has 0 radical (unpaired) electrons. The summed E-state index contributed by atoms with van der Waals surface area (Å²) in [6, 6.07) is 21.2. The molecule has 0 saturated heterocycles. The lowest BCUT2D eigenvalue weighted by Gasteiger charge is -2.24. The topological polar surface area (TPSA) is 9.23 Å². The first-order chi connectivity index (χ1) is 8.33. The fraction of sp³-hybridized carbons (Fsp3) is 0.200. The molecule has 0 spiro atoms. The van der Waals surface area contributed by atoms with Gasteiger partial charge in [0, 0.05) is 5.92 Å². The largest absolute Gasteiger partial charge is 0.424 e. The van der Waals surface area contributed by atoms with Crippen molar-refractivity contribution < 1.29 is 4.43 Å². The lowest BCUT2D eigenvalue weighted by molar-refractivity contribution is 0.223. The predicted octanol–water partition coefficient (Wildman–Crippen LogP) is 2.50. The van der Waals surface area contributed by atoms with E-state index in [0.717, 1.165) is 10.5 Å². The highest BCUT2D eigenvalue weighted by Crippen LogP contribution is 2.28. The van der Waals surface area contributed by atoms with E-state index in [9.17, 15) is 0 Å². The third kappa shape index (κ3) is 2.84. The highest BCUT2D eigenvalue weighted by molar-refractivity contribution is 5.98. The Morgan fingerprint density at radius 2 is 1.24 bits per heavy atom. The fourth-order valence-electron chi connectivity index (χ4n) is 2.19. The maximum Gasteiger partial charge on any atom is 0.146 e. The van der Waals surface area contributed by atoms with Gasteiger partial charge in [-0.15, -0.1) is 0 Å². The van der Waals surface area contributed by atoms with Crippen LogP contribution in [0.3, 0.4) is 0 Å². The van der Waals surface area contributed by atoms with E-state index >= 15 is 0 Å². The van der Waals surface area contributed by atoms with Gasteiger partial charge in [0.2, 0.25) is 0 Å². The molecule has 0 saturated carbocycles. The van der Waals surface area contributed by atoms with Crippen LogP contribution in [0.1, 0.15) is 24.0 Å². The molecule has 0 aromatic heterocycles. The SMILES string of the molecule is C[C@@H](O[SiH3])C(c1ccccc1)c1ccccc1. The van der Waals surface area contributed by atoms with Gasteiger partial charge in [0.1, 0.15) is 10.5 Å². The molecular formula is C15H18OSi. The number of rotatable bonds is 4. The van der Waals surface area contributed by atoms with Crippen LogP contribution < -0.4 is 0 Å². The van der Waals surface area contributed by atoms with Crippen molar-refractivity contribution in [2.24, 2.45) is 0 Å². The van der Waals surface area contributed by atoms with E-state index in [-0.39, 0.29) is 6.10 Å². The quantitative estimate of drug-likeness (QED) is 0.749. The molecule has 2 heteroatoms. The van der Waals surface area contributed by atoms with Gasteiger partial charge in [-0.05, 0) is 18.1 Å². The van der Waals surface area contributed by atoms with E-state index in [1.54, 1.807) is 0 Å². The van der Waals surface area contributed by atoms with Crippen LogP contribution in [0.4, 0.5) is 0 Å². The van der Waals surface area contributed by atoms with Gasteiger partial charge in [0.15, 0.2) is 0 Å². The summed E-state index contributed by atoms with van der Waals surface area (Å²) in [5, 5.41) is 0. The molecule has 0 bridgehead atoms. The van der Waals surface area contributed by atoms with Crippen LogP contribution in [0.25, 0.3) is 0 Å². The number of hydrogen-bond donors (Lipinski definition) is 0. The molecule has 2 aromatic rings. The van der Waals surface area contributed by atoms with Crippen LogP contribution in [-0.4, -0.2) is 16.6 Å². The van der Waals surface area contributed by atoms with Crippen molar-refractivity contribution in [3.8, 4) is 0 Å². The van der Waals surface area contributed by atoms with E-state index in [1.807, 2.05) is 0 Å². The van der Waals surface area contributed by atoms with Gasteiger partial charge in [0.05, 0.1) is 6.10 Å². The normalized spacial score (nSPS) is 12.8. The van der Waals surface area contributed by atoms with Crippen LogP contribution >= 0.6 is 0 Å². The average Bonchev–Trinajstić information content (AvgIpc) is 2.41. The minimum atomic E-state index is 0.228. The highest BCUT2D eigenvalue weighted by Gasteiger charge is 2.20. The molecule has 0 fully saturated rings. The molecule has 2 aromatic carbocycles. The summed E-state index contributed by atoms with van der Waals surface area (Å²) in [5.74, 6) is 0.329. The molecule has 1 atom stereocenters. The molecule has 0 N–H and O–H groups in total. The second kappa shape index (κ2) is 5.80. The molecule has 88 valence electrons. The van der Waals surface area contributed by atoms with Gasteiger partial charge in [0.25, 0.3) is 0 Å². The summed E-state index contributed by atoms with van der Waals surface area (Å²) in [6.45, 7) is 2.15. The second-order valence-electron chi connectivity index (χ2n) is 4.24. The summed E-state index contributed by atoms with van der Waals surface area (Å²) in [7, 11) is 0.773. The minimum absolute atomic E-state index is 0.228. The molecule has 0 unspecified atom stereocenters. The minimum Gasteiger partial charge on any atom is -0.424 e. The van der Waals surface area contributed by atoms with Crippen molar-refractivity contribution in [3.63, 3.8) is 0 Å². The predicted molar refractivity (Wildman–Crippen MR) is 75.2 cm³/mol. The maximum absolute atomic E-state index is 5.66. The van der Waals surface area contributed by atoms with E-state index in [1.165, 1.54) is 11.1 Å².